The van der Waals surface area contributed by atoms with Crippen LogP contribution in [0.3, 0.4) is 0 Å². The molecular formula is C28H27F3N2O4. The first kappa shape index (κ1) is 26.1. The first-order chi connectivity index (χ1) is 17.7. The van der Waals surface area contributed by atoms with Crippen LogP contribution in [0.15, 0.2) is 66.7 Å². The monoisotopic (exact) mass is 512 g/mol. The Kier molecular flexibility index (Phi) is 7.71. The van der Waals surface area contributed by atoms with E-state index in [2.05, 4.69) is 5.32 Å². The summed E-state index contributed by atoms with van der Waals surface area (Å²) in [5.74, 6) is 0.617. The third-order valence-corrected chi connectivity index (χ3v) is 6.06. The first-order valence-corrected chi connectivity index (χ1v) is 11.8. The van der Waals surface area contributed by atoms with Crippen molar-refractivity contribution in [3.8, 4) is 11.5 Å². The van der Waals surface area contributed by atoms with E-state index in [1.54, 1.807) is 49.6 Å². The number of anilines is 1. The van der Waals surface area contributed by atoms with E-state index in [0.29, 0.717) is 34.7 Å². The summed E-state index contributed by atoms with van der Waals surface area (Å²) in [6, 6.07) is 17.3. The van der Waals surface area contributed by atoms with Crippen LogP contribution in [0.1, 0.15) is 35.6 Å². The fourth-order valence-corrected chi connectivity index (χ4v) is 4.22. The Balaban J connectivity index is 1.53. The van der Waals surface area contributed by atoms with Crippen molar-refractivity contribution in [1.82, 2.24) is 4.90 Å². The molecule has 3 aromatic rings. The fourth-order valence-electron chi connectivity index (χ4n) is 4.22. The van der Waals surface area contributed by atoms with Crippen LogP contribution in [0.5, 0.6) is 11.5 Å². The number of alkyl halides is 3. The molecule has 1 heterocycles. The van der Waals surface area contributed by atoms with E-state index in [4.69, 9.17) is 9.47 Å². The molecule has 0 aromatic heterocycles. The van der Waals surface area contributed by atoms with Gasteiger partial charge in [-0.25, -0.2) is 0 Å². The zero-order valence-corrected chi connectivity index (χ0v) is 20.5. The van der Waals surface area contributed by atoms with Crippen molar-refractivity contribution in [2.24, 2.45) is 0 Å². The fraction of sp³-hybridized carbons (Fsp3) is 0.286. The molecular weight excluding hydrogens is 485 g/mol. The zero-order chi connectivity index (χ0) is 26.6. The highest BCUT2D eigenvalue weighted by Gasteiger charge is 2.32. The maximum Gasteiger partial charge on any atom is 0.416 e. The van der Waals surface area contributed by atoms with Crippen LogP contribution in [0, 0.1) is 0 Å². The molecule has 0 spiro atoms. The Labute approximate surface area is 213 Å². The highest BCUT2D eigenvalue weighted by atomic mass is 19.4. The molecule has 37 heavy (non-hydrogen) atoms. The molecule has 0 radical (unpaired) electrons. The summed E-state index contributed by atoms with van der Waals surface area (Å²) < 4.78 is 50.7. The van der Waals surface area contributed by atoms with Gasteiger partial charge in [0.05, 0.1) is 19.1 Å². The van der Waals surface area contributed by atoms with Crippen LogP contribution in [-0.2, 0) is 35.3 Å². The minimum absolute atomic E-state index is 0.00548. The van der Waals surface area contributed by atoms with Crippen molar-refractivity contribution in [1.29, 1.82) is 0 Å². The Bertz CT molecular complexity index is 1290. The molecule has 1 atom stereocenters. The van der Waals surface area contributed by atoms with Crippen LogP contribution in [0.25, 0.3) is 0 Å². The Morgan fingerprint density at radius 1 is 1.08 bits per heavy atom. The highest BCUT2D eigenvalue weighted by Crippen LogP contribution is 2.32. The van der Waals surface area contributed by atoms with Gasteiger partial charge in [-0.15, -0.1) is 0 Å². The van der Waals surface area contributed by atoms with E-state index in [9.17, 15) is 22.8 Å². The van der Waals surface area contributed by atoms with E-state index in [0.717, 1.165) is 17.7 Å². The van der Waals surface area contributed by atoms with Gasteiger partial charge in [-0.1, -0.05) is 31.2 Å². The van der Waals surface area contributed by atoms with Crippen molar-refractivity contribution in [3.63, 3.8) is 0 Å². The summed E-state index contributed by atoms with van der Waals surface area (Å²) in [6.07, 6.45) is -4.70. The van der Waals surface area contributed by atoms with E-state index >= 15 is 0 Å². The van der Waals surface area contributed by atoms with Gasteiger partial charge in [0.1, 0.15) is 11.5 Å². The summed E-state index contributed by atoms with van der Waals surface area (Å²) in [6.45, 7) is 1.93. The third-order valence-electron chi connectivity index (χ3n) is 6.06. The second kappa shape index (κ2) is 10.9. The predicted octanol–water partition coefficient (Wildman–Crippen LogP) is 5.60. The Morgan fingerprint density at radius 3 is 2.57 bits per heavy atom. The lowest BCUT2D eigenvalue weighted by Gasteiger charge is -2.23. The van der Waals surface area contributed by atoms with Gasteiger partial charge in [0.15, 0.2) is 6.10 Å². The average molecular weight is 513 g/mol. The maximum atomic E-state index is 13.2. The number of halogens is 3. The smallest absolute Gasteiger partial charge is 0.416 e. The standard InChI is InChI=1S/C28H27F3N2O4/c1-3-24-27(35)33(16-19-7-4-8-21(12-19)28(29,30)31)17-20-15-22(10-11-25(20)37-24)32-26(34)14-18-6-5-9-23(13-18)36-2/h4-13,15,24H,3,14,16-17H2,1-2H3,(H,32,34)/t24-/m1/s1. The summed E-state index contributed by atoms with van der Waals surface area (Å²) in [5, 5.41) is 2.86. The van der Waals surface area contributed by atoms with Crippen LogP contribution >= 0.6 is 0 Å². The molecule has 1 aliphatic rings. The molecule has 0 saturated heterocycles. The number of hydrogen-bond donors (Lipinski definition) is 1. The molecule has 1 aliphatic heterocycles. The van der Waals surface area contributed by atoms with Gasteiger partial charge in [0, 0.05) is 24.3 Å². The number of fused-ring (bicyclic) bond motifs is 1. The number of hydrogen-bond acceptors (Lipinski definition) is 4. The summed E-state index contributed by atoms with van der Waals surface area (Å²) in [5.41, 5.74) is 1.56. The van der Waals surface area contributed by atoms with Crippen molar-refractivity contribution >= 4 is 17.5 Å². The minimum atomic E-state index is -4.47. The molecule has 194 valence electrons. The molecule has 6 nitrogen and oxygen atoms in total. The Hall–Kier alpha value is -4.01. The second-order valence-electron chi connectivity index (χ2n) is 8.81. The van der Waals surface area contributed by atoms with Crippen LogP contribution in [-0.4, -0.2) is 29.9 Å². The molecule has 0 aliphatic carbocycles. The van der Waals surface area contributed by atoms with Crippen molar-refractivity contribution in [2.75, 3.05) is 12.4 Å². The second-order valence-corrected chi connectivity index (χ2v) is 8.81. The number of carbonyl (C=O) groups excluding carboxylic acids is 2. The molecule has 4 rings (SSSR count). The SMILES string of the molecule is CC[C@H]1Oc2ccc(NC(=O)Cc3cccc(OC)c3)cc2CN(Cc2cccc(C(F)(F)F)c2)C1=O. The van der Waals surface area contributed by atoms with Gasteiger partial charge in [-0.05, 0) is 60.0 Å². The minimum Gasteiger partial charge on any atom is -0.497 e. The van der Waals surface area contributed by atoms with Gasteiger partial charge in [0.2, 0.25) is 5.91 Å². The number of rotatable bonds is 7. The topological polar surface area (TPSA) is 67.9 Å². The van der Waals surface area contributed by atoms with Gasteiger partial charge < -0.3 is 19.7 Å². The number of amides is 2. The largest absolute Gasteiger partial charge is 0.497 e. The predicted molar refractivity (Wildman–Crippen MR) is 132 cm³/mol. The third kappa shape index (κ3) is 6.41. The van der Waals surface area contributed by atoms with Crippen molar-refractivity contribution in [2.45, 2.75) is 45.1 Å². The quantitative estimate of drug-likeness (QED) is 0.448. The highest BCUT2D eigenvalue weighted by molar-refractivity contribution is 5.92. The van der Waals surface area contributed by atoms with Crippen LogP contribution in [0.4, 0.5) is 18.9 Å². The summed E-state index contributed by atoms with van der Waals surface area (Å²) in [7, 11) is 1.56. The normalized spacial score (nSPS) is 15.4. The molecule has 3 aromatic carbocycles. The van der Waals surface area contributed by atoms with Gasteiger partial charge in [0.25, 0.3) is 5.91 Å². The number of methoxy groups -OCH3 is 1. The lowest BCUT2D eigenvalue weighted by molar-refractivity contribution is -0.139. The lowest BCUT2D eigenvalue weighted by atomic mass is 10.1. The number of nitrogens with one attached hydrogen (secondary N) is 1. The number of benzene rings is 3. The van der Waals surface area contributed by atoms with E-state index < -0.39 is 17.8 Å². The summed E-state index contributed by atoms with van der Waals surface area (Å²) >= 11 is 0. The first-order valence-electron chi connectivity index (χ1n) is 11.8. The van der Waals surface area contributed by atoms with Gasteiger partial charge in [-0.2, -0.15) is 13.2 Å². The van der Waals surface area contributed by atoms with Crippen LogP contribution in [0.2, 0.25) is 0 Å². The van der Waals surface area contributed by atoms with E-state index in [1.165, 1.54) is 11.0 Å². The van der Waals surface area contributed by atoms with Crippen molar-refractivity contribution in [3.05, 3.63) is 89.0 Å². The molecule has 0 saturated carbocycles. The van der Waals surface area contributed by atoms with Gasteiger partial charge >= 0.3 is 6.18 Å². The van der Waals surface area contributed by atoms with Gasteiger partial charge in [-0.3, -0.25) is 9.59 Å². The average Bonchev–Trinajstić information content (AvgIpc) is 2.99. The van der Waals surface area contributed by atoms with E-state index in [1.807, 2.05) is 13.0 Å². The molecule has 0 unspecified atom stereocenters. The van der Waals surface area contributed by atoms with Crippen molar-refractivity contribution < 1.29 is 32.2 Å². The zero-order valence-electron chi connectivity index (χ0n) is 20.5. The molecule has 9 heteroatoms. The molecule has 0 bridgehead atoms. The number of ether oxygens (including phenoxy) is 2. The maximum absolute atomic E-state index is 13.2. The van der Waals surface area contributed by atoms with E-state index in [-0.39, 0.29) is 31.3 Å². The molecule has 0 fully saturated rings. The lowest BCUT2D eigenvalue weighted by Crippen LogP contribution is -2.38. The number of carbonyl (C=O) groups is 2. The Morgan fingerprint density at radius 2 is 1.84 bits per heavy atom. The molecule has 2 amide bonds. The summed E-state index contributed by atoms with van der Waals surface area (Å²) in [4.78, 5) is 27.3. The number of nitrogens with zero attached hydrogens (tertiary/aromatic N) is 1. The molecule has 1 N–H and O–H groups in total. The van der Waals surface area contributed by atoms with Crippen LogP contribution < -0.4 is 14.8 Å².